The third kappa shape index (κ3) is 3.77. The van der Waals surface area contributed by atoms with E-state index in [1.807, 2.05) is 30.1 Å². The summed E-state index contributed by atoms with van der Waals surface area (Å²) in [7, 11) is 2.04. The van der Waals surface area contributed by atoms with Crippen LogP contribution >= 0.6 is 23.4 Å². The molecule has 0 spiro atoms. The number of halogens is 1. The van der Waals surface area contributed by atoms with Crippen molar-refractivity contribution in [1.29, 1.82) is 0 Å². The number of amides is 2. The second kappa shape index (κ2) is 7.44. The van der Waals surface area contributed by atoms with Crippen molar-refractivity contribution in [1.82, 2.24) is 4.90 Å². The van der Waals surface area contributed by atoms with Crippen LogP contribution in [0.15, 0.2) is 47.4 Å². The molecule has 1 unspecified atom stereocenters. The van der Waals surface area contributed by atoms with Gasteiger partial charge in [0, 0.05) is 48.7 Å². The Hall–Kier alpha value is -2.18. The monoisotopic (exact) mass is 401 g/mol. The van der Waals surface area contributed by atoms with Crippen molar-refractivity contribution in [3.05, 3.63) is 53.1 Å². The minimum absolute atomic E-state index is 0.00478. The first-order valence-corrected chi connectivity index (χ1v) is 10.1. The van der Waals surface area contributed by atoms with Gasteiger partial charge in [-0.1, -0.05) is 29.8 Å². The zero-order chi connectivity index (χ0) is 19.0. The molecule has 0 saturated carbocycles. The van der Waals surface area contributed by atoms with E-state index in [4.69, 9.17) is 11.6 Å². The molecule has 0 radical (unpaired) electrons. The van der Waals surface area contributed by atoms with E-state index in [9.17, 15) is 9.59 Å². The predicted molar refractivity (Wildman–Crippen MR) is 109 cm³/mol. The Morgan fingerprint density at radius 2 is 2.07 bits per heavy atom. The molecule has 0 bridgehead atoms. The fourth-order valence-electron chi connectivity index (χ4n) is 3.45. The molecule has 2 aromatic rings. The lowest BCUT2D eigenvalue weighted by Crippen LogP contribution is -2.39. The molecule has 2 heterocycles. The molecular weight excluding hydrogens is 382 g/mol. The van der Waals surface area contributed by atoms with Gasteiger partial charge in [0.2, 0.25) is 11.8 Å². The van der Waals surface area contributed by atoms with Crippen LogP contribution in [0.2, 0.25) is 5.02 Å². The Balaban J connectivity index is 1.48. The van der Waals surface area contributed by atoms with Gasteiger partial charge in [0.05, 0.1) is 10.9 Å². The summed E-state index contributed by atoms with van der Waals surface area (Å²) in [5.41, 5.74) is 3.00. The van der Waals surface area contributed by atoms with Gasteiger partial charge in [0.25, 0.3) is 0 Å². The lowest BCUT2D eigenvalue weighted by atomic mass is 10.1. The summed E-state index contributed by atoms with van der Waals surface area (Å²) in [6.45, 7) is 1.99. The smallest absolute Gasteiger partial charge is 0.238 e. The standard InChI is InChI=1S/C20H20ClN3O2S/c1-23-8-9-24(12-13-4-2-3-5-16(13)23)19(25)11-18-20(26)22-15-10-14(21)6-7-17(15)27-18/h2-7,10,18H,8-9,11-12H2,1H3,(H,22,26). The van der Waals surface area contributed by atoms with Crippen LogP contribution in [0, 0.1) is 0 Å². The van der Waals surface area contributed by atoms with Crippen LogP contribution in [0.25, 0.3) is 0 Å². The number of para-hydroxylation sites is 1. The molecule has 5 nitrogen and oxygen atoms in total. The molecule has 2 aliphatic rings. The van der Waals surface area contributed by atoms with Crippen molar-refractivity contribution in [2.45, 2.75) is 23.1 Å². The summed E-state index contributed by atoms with van der Waals surface area (Å²) >= 11 is 7.42. The Kier molecular flexibility index (Phi) is 5.02. The fourth-order valence-corrected chi connectivity index (χ4v) is 4.70. The van der Waals surface area contributed by atoms with E-state index in [-0.39, 0.29) is 18.2 Å². The lowest BCUT2D eigenvalue weighted by Gasteiger charge is -2.27. The number of carbonyl (C=O) groups excluding carboxylic acids is 2. The van der Waals surface area contributed by atoms with Crippen molar-refractivity contribution >= 4 is 46.6 Å². The van der Waals surface area contributed by atoms with E-state index in [1.54, 1.807) is 12.1 Å². The molecular formula is C20H20ClN3O2S. The molecule has 27 heavy (non-hydrogen) atoms. The summed E-state index contributed by atoms with van der Waals surface area (Å²) in [5, 5.41) is 3.02. The van der Waals surface area contributed by atoms with Crippen molar-refractivity contribution in [2.75, 3.05) is 30.4 Å². The summed E-state index contributed by atoms with van der Waals surface area (Å²) in [6.07, 6.45) is 0.185. The fraction of sp³-hybridized carbons (Fsp3) is 0.300. The van der Waals surface area contributed by atoms with Crippen LogP contribution in [-0.2, 0) is 16.1 Å². The normalized spacial score (nSPS) is 19.0. The number of carbonyl (C=O) groups is 2. The first-order chi connectivity index (χ1) is 13.0. The first-order valence-electron chi connectivity index (χ1n) is 8.85. The highest BCUT2D eigenvalue weighted by Crippen LogP contribution is 2.38. The summed E-state index contributed by atoms with van der Waals surface area (Å²) in [5.74, 6) is -0.138. The molecule has 4 rings (SSSR count). The van der Waals surface area contributed by atoms with E-state index in [1.165, 1.54) is 11.8 Å². The number of hydrogen-bond donors (Lipinski definition) is 1. The Morgan fingerprint density at radius 3 is 2.93 bits per heavy atom. The van der Waals surface area contributed by atoms with Crippen molar-refractivity contribution in [3.8, 4) is 0 Å². The average molecular weight is 402 g/mol. The van der Waals surface area contributed by atoms with Crippen LogP contribution in [0.5, 0.6) is 0 Å². The minimum Gasteiger partial charge on any atom is -0.373 e. The molecule has 0 saturated heterocycles. The molecule has 0 aliphatic carbocycles. The quantitative estimate of drug-likeness (QED) is 0.835. The molecule has 7 heteroatoms. The van der Waals surface area contributed by atoms with Gasteiger partial charge in [-0.2, -0.15) is 0 Å². The van der Waals surface area contributed by atoms with Crippen LogP contribution in [0.3, 0.4) is 0 Å². The predicted octanol–water partition coefficient (Wildman–Crippen LogP) is 3.62. The van der Waals surface area contributed by atoms with E-state index in [2.05, 4.69) is 22.3 Å². The van der Waals surface area contributed by atoms with Crippen LogP contribution in [0.1, 0.15) is 12.0 Å². The molecule has 0 fully saturated rings. The maximum absolute atomic E-state index is 12.9. The van der Waals surface area contributed by atoms with Crippen molar-refractivity contribution in [3.63, 3.8) is 0 Å². The van der Waals surface area contributed by atoms with Gasteiger partial charge in [0.1, 0.15) is 0 Å². The zero-order valence-electron chi connectivity index (χ0n) is 14.9. The molecule has 140 valence electrons. The van der Waals surface area contributed by atoms with E-state index < -0.39 is 5.25 Å². The lowest BCUT2D eigenvalue weighted by molar-refractivity contribution is -0.133. The van der Waals surface area contributed by atoms with E-state index >= 15 is 0 Å². The highest BCUT2D eigenvalue weighted by molar-refractivity contribution is 8.01. The Labute approximate surface area is 167 Å². The van der Waals surface area contributed by atoms with Crippen molar-refractivity contribution < 1.29 is 9.59 Å². The van der Waals surface area contributed by atoms with E-state index in [0.29, 0.717) is 23.8 Å². The Morgan fingerprint density at radius 1 is 1.26 bits per heavy atom. The van der Waals surface area contributed by atoms with Crippen molar-refractivity contribution in [2.24, 2.45) is 0 Å². The highest BCUT2D eigenvalue weighted by Gasteiger charge is 2.31. The van der Waals surface area contributed by atoms with Gasteiger partial charge in [-0.15, -0.1) is 11.8 Å². The number of nitrogens with zero attached hydrogens (tertiary/aromatic N) is 2. The minimum atomic E-state index is -0.428. The van der Waals surface area contributed by atoms with Gasteiger partial charge in [0.15, 0.2) is 0 Å². The number of benzene rings is 2. The SMILES string of the molecule is CN1CCN(C(=O)CC2Sc3ccc(Cl)cc3NC2=O)Cc2ccccc21. The number of rotatable bonds is 2. The highest BCUT2D eigenvalue weighted by atomic mass is 35.5. The summed E-state index contributed by atoms with van der Waals surface area (Å²) in [4.78, 5) is 30.4. The van der Waals surface area contributed by atoms with Gasteiger partial charge in [-0.05, 0) is 29.8 Å². The number of anilines is 2. The van der Waals surface area contributed by atoms with Gasteiger partial charge in [-0.25, -0.2) is 0 Å². The average Bonchev–Trinajstić information content (AvgIpc) is 2.82. The number of fused-ring (bicyclic) bond motifs is 2. The number of hydrogen-bond acceptors (Lipinski definition) is 4. The second-order valence-corrected chi connectivity index (χ2v) is 8.49. The maximum atomic E-state index is 12.9. The number of thioether (sulfide) groups is 1. The third-order valence-corrected chi connectivity index (χ3v) is 6.45. The maximum Gasteiger partial charge on any atom is 0.238 e. The topological polar surface area (TPSA) is 52.6 Å². The third-order valence-electron chi connectivity index (χ3n) is 4.94. The largest absolute Gasteiger partial charge is 0.373 e. The molecule has 1 N–H and O–H groups in total. The molecule has 2 aromatic carbocycles. The van der Waals surface area contributed by atoms with E-state index in [0.717, 1.165) is 22.7 Å². The number of nitrogens with one attached hydrogen (secondary N) is 1. The first kappa shape index (κ1) is 18.2. The van der Waals surface area contributed by atoms with Gasteiger partial charge in [-0.3, -0.25) is 9.59 Å². The summed E-state index contributed by atoms with van der Waals surface area (Å²) in [6, 6.07) is 13.6. The van der Waals surface area contributed by atoms with Gasteiger partial charge >= 0.3 is 0 Å². The molecule has 2 amide bonds. The van der Waals surface area contributed by atoms with Crippen LogP contribution in [0.4, 0.5) is 11.4 Å². The second-order valence-electron chi connectivity index (χ2n) is 6.81. The molecule has 1 atom stereocenters. The molecule has 2 aliphatic heterocycles. The molecule has 0 aromatic heterocycles. The Bertz CT molecular complexity index is 905. The summed E-state index contributed by atoms with van der Waals surface area (Å²) < 4.78 is 0. The zero-order valence-corrected chi connectivity index (χ0v) is 16.5. The van der Waals surface area contributed by atoms with Crippen LogP contribution in [-0.4, -0.2) is 42.1 Å². The van der Waals surface area contributed by atoms with Gasteiger partial charge < -0.3 is 15.1 Å². The number of likely N-dealkylation sites (N-methyl/N-ethyl adjacent to an activating group) is 1. The van der Waals surface area contributed by atoms with Crippen LogP contribution < -0.4 is 10.2 Å².